The van der Waals surface area contributed by atoms with E-state index < -0.39 is 0 Å². The van der Waals surface area contributed by atoms with Gasteiger partial charge < -0.3 is 4.74 Å². The Morgan fingerprint density at radius 2 is 2.13 bits per heavy atom. The molecule has 0 radical (unpaired) electrons. The number of nitro benzene ring substituents is 1. The highest BCUT2D eigenvalue weighted by Gasteiger charge is 2.13. The number of non-ortho nitro benzene ring substituents is 1. The zero-order valence-electron chi connectivity index (χ0n) is 9.19. The van der Waals surface area contributed by atoms with Gasteiger partial charge in [0.15, 0.2) is 0 Å². The minimum Gasteiger partial charge on any atom is -0.494 e. The third kappa shape index (κ3) is 2.68. The molecule has 0 atom stereocenters. The second-order valence-electron chi connectivity index (χ2n) is 3.57. The van der Waals surface area contributed by atoms with E-state index in [1.54, 1.807) is 12.1 Å². The van der Waals surface area contributed by atoms with E-state index in [4.69, 9.17) is 4.74 Å². The SMILES string of the molecule is CCOc1ccc([N+](=O)[O-])cc1C(C)C. The van der Waals surface area contributed by atoms with Crippen LogP contribution >= 0.6 is 0 Å². The molecule has 82 valence electrons. The number of nitro groups is 1. The Morgan fingerprint density at radius 1 is 1.47 bits per heavy atom. The number of rotatable bonds is 4. The molecule has 0 aliphatic carbocycles. The van der Waals surface area contributed by atoms with E-state index in [0.717, 1.165) is 11.3 Å². The molecule has 1 aromatic rings. The van der Waals surface area contributed by atoms with Crippen molar-refractivity contribution < 1.29 is 9.66 Å². The van der Waals surface area contributed by atoms with Gasteiger partial charge in [-0.25, -0.2) is 0 Å². The molecule has 0 aliphatic rings. The lowest BCUT2D eigenvalue weighted by molar-refractivity contribution is -0.385. The average molecular weight is 209 g/mol. The largest absolute Gasteiger partial charge is 0.494 e. The quantitative estimate of drug-likeness (QED) is 0.565. The van der Waals surface area contributed by atoms with Crippen molar-refractivity contribution in [3.8, 4) is 5.75 Å². The van der Waals surface area contributed by atoms with Crippen molar-refractivity contribution in [2.45, 2.75) is 26.7 Å². The molecule has 4 heteroatoms. The summed E-state index contributed by atoms with van der Waals surface area (Å²) in [6.45, 7) is 6.44. The molecule has 0 aliphatic heterocycles. The van der Waals surface area contributed by atoms with Gasteiger partial charge in [-0.05, 0) is 18.9 Å². The van der Waals surface area contributed by atoms with E-state index in [-0.39, 0.29) is 16.5 Å². The first-order chi connectivity index (χ1) is 7.06. The van der Waals surface area contributed by atoms with Gasteiger partial charge >= 0.3 is 0 Å². The van der Waals surface area contributed by atoms with Gasteiger partial charge in [0.25, 0.3) is 5.69 Å². The second-order valence-corrected chi connectivity index (χ2v) is 3.57. The van der Waals surface area contributed by atoms with E-state index in [1.165, 1.54) is 6.07 Å². The smallest absolute Gasteiger partial charge is 0.269 e. The maximum atomic E-state index is 10.6. The fourth-order valence-electron chi connectivity index (χ4n) is 1.39. The summed E-state index contributed by atoms with van der Waals surface area (Å²) in [5.74, 6) is 0.949. The van der Waals surface area contributed by atoms with Gasteiger partial charge in [-0.15, -0.1) is 0 Å². The Bertz CT molecular complexity index is 361. The van der Waals surface area contributed by atoms with E-state index in [2.05, 4.69) is 0 Å². The van der Waals surface area contributed by atoms with Crippen molar-refractivity contribution in [2.75, 3.05) is 6.61 Å². The lowest BCUT2D eigenvalue weighted by Gasteiger charge is -2.12. The van der Waals surface area contributed by atoms with Crippen molar-refractivity contribution in [3.05, 3.63) is 33.9 Å². The highest BCUT2D eigenvalue weighted by Crippen LogP contribution is 2.30. The second kappa shape index (κ2) is 4.77. The zero-order chi connectivity index (χ0) is 11.4. The van der Waals surface area contributed by atoms with Crippen LogP contribution in [0.4, 0.5) is 5.69 Å². The van der Waals surface area contributed by atoms with Crippen LogP contribution in [0.2, 0.25) is 0 Å². The fourth-order valence-corrected chi connectivity index (χ4v) is 1.39. The van der Waals surface area contributed by atoms with Crippen LogP contribution in [-0.4, -0.2) is 11.5 Å². The van der Waals surface area contributed by atoms with Crippen LogP contribution in [0.3, 0.4) is 0 Å². The fraction of sp³-hybridized carbons (Fsp3) is 0.455. The van der Waals surface area contributed by atoms with Gasteiger partial charge in [-0.3, -0.25) is 10.1 Å². The van der Waals surface area contributed by atoms with Gasteiger partial charge in [-0.2, -0.15) is 0 Å². The van der Waals surface area contributed by atoms with Gasteiger partial charge in [0.1, 0.15) is 5.75 Å². The average Bonchev–Trinajstić information content (AvgIpc) is 2.18. The third-order valence-corrected chi connectivity index (χ3v) is 2.13. The monoisotopic (exact) mass is 209 g/mol. The predicted octanol–water partition coefficient (Wildman–Crippen LogP) is 3.12. The van der Waals surface area contributed by atoms with Gasteiger partial charge in [0, 0.05) is 17.7 Å². The van der Waals surface area contributed by atoms with Gasteiger partial charge in [0.2, 0.25) is 0 Å². The van der Waals surface area contributed by atoms with Crippen LogP contribution in [0.1, 0.15) is 32.3 Å². The molecule has 0 heterocycles. The number of hydrogen-bond donors (Lipinski definition) is 0. The van der Waals surface area contributed by atoms with Crippen molar-refractivity contribution in [1.29, 1.82) is 0 Å². The normalized spacial score (nSPS) is 10.4. The van der Waals surface area contributed by atoms with Crippen LogP contribution in [0, 0.1) is 10.1 Å². The topological polar surface area (TPSA) is 52.4 Å². The lowest BCUT2D eigenvalue weighted by atomic mass is 10.0. The summed E-state index contributed by atoms with van der Waals surface area (Å²) in [4.78, 5) is 10.2. The first-order valence-electron chi connectivity index (χ1n) is 4.97. The van der Waals surface area contributed by atoms with Crippen LogP contribution in [0.25, 0.3) is 0 Å². The molecule has 15 heavy (non-hydrogen) atoms. The maximum Gasteiger partial charge on any atom is 0.269 e. The molecule has 0 bridgehead atoms. The highest BCUT2D eigenvalue weighted by molar-refractivity contribution is 5.45. The Labute approximate surface area is 89.0 Å². The lowest BCUT2D eigenvalue weighted by Crippen LogP contribution is -1.99. The molecule has 0 aromatic heterocycles. The van der Waals surface area contributed by atoms with Crippen LogP contribution < -0.4 is 4.74 Å². The number of ether oxygens (including phenoxy) is 1. The van der Waals surface area contributed by atoms with Gasteiger partial charge in [-0.1, -0.05) is 13.8 Å². The molecule has 0 saturated carbocycles. The highest BCUT2D eigenvalue weighted by atomic mass is 16.6. The van der Waals surface area contributed by atoms with E-state index in [1.807, 2.05) is 20.8 Å². The molecule has 0 spiro atoms. The first-order valence-corrected chi connectivity index (χ1v) is 4.97. The summed E-state index contributed by atoms with van der Waals surface area (Å²) in [6, 6.07) is 4.71. The van der Waals surface area contributed by atoms with Crippen LogP contribution in [0.5, 0.6) is 5.75 Å². The molecule has 0 fully saturated rings. The minimum atomic E-state index is -0.387. The molecule has 0 amide bonds. The van der Waals surface area contributed by atoms with Gasteiger partial charge in [0.05, 0.1) is 11.5 Å². The molecule has 1 rings (SSSR count). The third-order valence-electron chi connectivity index (χ3n) is 2.13. The molecule has 0 saturated heterocycles. The van der Waals surface area contributed by atoms with E-state index >= 15 is 0 Å². The molecule has 1 aromatic carbocycles. The molecule has 4 nitrogen and oxygen atoms in total. The summed E-state index contributed by atoms with van der Waals surface area (Å²) in [5.41, 5.74) is 0.994. The molecule has 0 unspecified atom stereocenters. The number of benzene rings is 1. The Kier molecular flexibility index (Phi) is 3.66. The standard InChI is InChI=1S/C11H15NO3/c1-4-15-11-6-5-9(12(13)14)7-10(11)8(2)3/h5-8H,4H2,1-3H3. The summed E-state index contributed by atoms with van der Waals surface area (Å²) in [5, 5.41) is 10.6. The van der Waals surface area contributed by atoms with Crippen molar-refractivity contribution in [2.24, 2.45) is 0 Å². The minimum absolute atomic E-state index is 0.113. The van der Waals surface area contributed by atoms with E-state index in [0.29, 0.717) is 6.61 Å². The molecule has 0 N–H and O–H groups in total. The van der Waals surface area contributed by atoms with E-state index in [9.17, 15) is 10.1 Å². The maximum absolute atomic E-state index is 10.6. The Hall–Kier alpha value is -1.58. The number of hydrogen-bond acceptors (Lipinski definition) is 3. The predicted molar refractivity (Wildman–Crippen MR) is 58.4 cm³/mol. The Morgan fingerprint density at radius 3 is 2.60 bits per heavy atom. The summed E-state index contributed by atoms with van der Waals surface area (Å²) < 4.78 is 5.41. The zero-order valence-corrected chi connectivity index (χ0v) is 9.19. The molecular weight excluding hydrogens is 194 g/mol. The van der Waals surface area contributed by atoms with Crippen LogP contribution in [0.15, 0.2) is 18.2 Å². The van der Waals surface area contributed by atoms with Crippen molar-refractivity contribution in [3.63, 3.8) is 0 Å². The van der Waals surface area contributed by atoms with Crippen LogP contribution in [-0.2, 0) is 0 Å². The van der Waals surface area contributed by atoms with Crippen molar-refractivity contribution >= 4 is 5.69 Å². The molecular formula is C11H15NO3. The number of nitrogens with zero attached hydrogens (tertiary/aromatic N) is 1. The van der Waals surface area contributed by atoms with Crippen molar-refractivity contribution in [1.82, 2.24) is 0 Å². The Balaban J connectivity index is 3.14. The summed E-state index contributed by atoms with van der Waals surface area (Å²) in [7, 11) is 0. The summed E-state index contributed by atoms with van der Waals surface area (Å²) >= 11 is 0. The summed E-state index contributed by atoms with van der Waals surface area (Å²) in [6.07, 6.45) is 0. The first kappa shape index (κ1) is 11.5.